The summed E-state index contributed by atoms with van der Waals surface area (Å²) in [5, 5.41) is 8.95. The molecule has 0 spiro atoms. The van der Waals surface area contributed by atoms with E-state index in [1.165, 1.54) is 6.07 Å². The van der Waals surface area contributed by atoms with Gasteiger partial charge in [-0.3, -0.25) is 0 Å². The molecule has 0 saturated carbocycles. The Morgan fingerprint density at radius 1 is 1.56 bits per heavy atom. The minimum atomic E-state index is -1.06. The summed E-state index contributed by atoms with van der Waals surface area (Å²) < 4.78 is 10.3. The number of anilines is 1. The van der Waals surface area contributed by atoms with Crippen LogP contribution in [0.4, 0.5) is 5.69 Å². The molecule has 0 aromatic heterocycles. The lowest BCUT2D eigenvalue weighted by atomic mass is 10.2. The summed E-state index contributed by atoms with van der Waals surface area (Å²) in [6.07, 6.45) is -0.0980. The maximum Gasteiger partial charge on any atom is 0.339 e. The molecule has 0 radical (unpaired) electrons. The summed E-state index contributed by atoms with van der Waals surface area (Å²) in [5.74, 6) is -0.766. The number of carbonyl (C=O) groups is 1. The monoisotopic (exact) mass is 225 g/mol. The SMILES string of the molecule is COC(C)COc1ccc(N)cc1C(=O)O. The third-order valence-electron chi connectivity index (χ3n) is 2.11. The van der Waals surface area contributed by atoms with Crippen LogP contribution in [0.1, 0.15) is 17.3 Å². The van der Waals surface area contributed by atoms with Crippen LogP contribution in [0.2, 0.25) is 0 Å². The van der Waals surface area contributed by atoms with Gasteiger partial charge in [0.15, 0.2) is 0 Å². The predicted octanol–water partition coefficient (Wildman–Crippen LogP) is 1.38. The zero-order valence-corrected chi connectivity index (χ0v) is 9.27. The van der Waals surface area contributed by atoms with Gasteiger partial charge in [0.1, 0.15) is 17.9 Å². The van der Waals surface area contributed by atoms with Gasteiger partial charge >= 0.3 is 5.97 Å². The fourth-order valence-electron chi connectivity index (χ4n) is 1.12. The highest BCUT2D eigenvalue weighted by Crippen LogP contribution is 2.21. The Balaban J connectivity index is 2.82. The van der Waals surface area contributed by atoms with Crippen molar-refractivity contribution in [3.8, 4) is 5.75 Å². The minimum absolute atomic E-state index is 0.0586. The van der Waals surface area contributed by atoms with Gasteiger partial charge in [-0.2, -0.15) is 0 Å². The van der Waals surface area contributed by atoms with Crippen molar-refractivity contribution in [1.29, 1.82) is 0 Å². The molecule has 88 valence electrons. The quantitative estimate of drug-likeness (QED) is 0.740. The lowest BCUT2D eigenvalue weighted by molar-refractivity contribution is 0.0646. The van der Waals surface area contributed by atoms with Gasteiger partial charge in [0, 0.05) is 12.8 Å². The molecule has 0 bridgehead atoms. The van der Waals surface area contributed by atoms with Crippen molar-refractivity contribution >= 4 is 11.7 Å². The van der Waals surface area contributed by atoms with Gasteiger partial charge in [-0.05, 0) is 25.1 Å². The van der Waals surface area contributed by atoms with Crippen LogP contribution in [0.15, 0.2) is 18.2 Å². The van der Waals surface area contributed by atoms with E-state index in [1.807, 2.05) is 6.92 Å². The van der Waals surface area contributed by atoms with Crippen molar-refractivity contribution in [2.45, 2.75) is 13.0 Å². The molecule has 5 nitrogen and oxygen atoms in total. The smallest absolute Gasteiger partial charge is 0.339 e. The molecule has 0 amide bonds. The van der Waals surface area contributed by atoms with Crippen LogP contribution in [0, 0.1) is 0 Å². The number of hydrogen-bond acceptors (Lipinski definition) is 4. The van der Waals surface area contributed by atoms with Crippen molar-refractivity contribution in [3.05, 3.63) is 23.8 Å². The van der Waals surface area contributed by atoms with E-state index in [2.05, 4.69) is 0 Å². The second-order valence-electron chi connectivity index (χ2n) is 3.42. The third-order valence-corrected chi connectivity index (χ3v) is 2.11. The Hall–Kier alpha value is -1.75. The van der Waals surface area contributed by atoms with E-state index >= 15 is 0 Å². The van der Waals surface area contributed by atoms with Gasteiger partial charge in [-0.15, -0.1) is 0 Å². The van der Waals surface area contributed by atoms with Crippen LogP contribution in [-0.2, 0) is 4.74 Å². The fraction of sp³-hybridized carbons (Fsp3) is 0.364. The molecule has 1 rings (SSSR count). The van der Waals surface area contributed by atoms with Crippen molar-refractivity contribution < 1.29 is 19.4 Å². The molecule has 1 unspecified atom stereocenters. The number of nitrogens with two attached hydrogens (primary N) is 1. The van der Waals surface area contributed by atoms with Crippen molar-refractivity contribution in [3.63, 3.8) is 0 Å². The molecule has 3 N–H and O–H groups in total. The number of methoxy groups -OCH3 is 1. The molecule has 0 aliphatic rings. The van der Waals surface area contributed by atoms with Gasteiger partial charge in [0.2, 0.25) is 0 Å². The van der Waals surface area contributed by atoms with Gasteiger partial charge in [0.25, 0.3) is 0 Å². The van der Waals surface area contributed by atoms with E-state index in [0.717, 1.165) is 0 Å². The molecular weight excluding hydrogens is 210 g/mol. The normalized spacial score (nSPS) is 12.1. The molecule has 0 saturated heterocycles. The minimum Gasteiger partial charge on any atom is -0.490 e. The van der Waals surface area contributed by atoms with Crippen molar-refractivity contribution in [1.82, 2.24) is 0 Å². The first-order valence-corrected chi connectivity index (χ1v) is 4.83. The van der Waals surface area contributed by atoms with Crippen LogP contribution >= 0.6 is 0 Å². The highest BCUT2D eigenvalue weighted by molar-refractivity contribution is 5.92. The lowest BCUT2D eigenvalue weighted by Gasteiger charge is -2.13. The molecule has 0 fully saturated rings. The molecular formula is C11H15NO4. The highest BCUT2D eigenvalue weighted by atomic mass is 16.5. The Labute approximate surface area is 93.8 Å². The molecule has 1 aromatic carbocycles. The first-order valence-electron chi connectivity index (χ1n) is 4.83. The highest BCUT2D eigenvalue weighted by Gasteiger charge is 2.12. The second kappa shape index (κ2) is 5.37. The molecule has 1 atom stereocenters. The van der Waals surface area contributed by atoms with Gasteiger partial charge in [-0.25, -0.2) is 4.79 Å². The summed E-state index contributed by atoms with van der Waals surface area (Å²) in [5.41, 5.74) is 5.96. The summed E-state index contributed by atoms with van der Waals surface area (Å²) in [6, 6.07) is 4.51. The number of aromatic carboxylic acids is 1. The Morgan fingerprint density at radius 2 is 2.25 bits per heavy atom. The summed E-state index contributed by atoms with van der Waals surface area (Å²) in [7, 11) is 1.56. The summed E-state index contributed by atoms with van der Waals surface area (Å²) in [6.45, 7) is 2.12. The Kier molecular flexibility index (Phi) is 4.13. The summed E-state index contributed by atoms with van der Waals surface area (Å²) in [4.78, 5) is 10.9. The van der Waals surface area contributed by atoms with Crippen LogP contribution in [0.25, 0.3) is 0 Å². The number of carboxylic acids is 1. The Bertz CT molecular complexity index is 378. The molecule has 1 aromatic rings. The molecule has 0 heterocycles. The number of ether oxygens (including phenoxy) is 2. The fourth-order valence-corrected chi connectivity index (χ4v) is 1.12. The number of hydrogen-bond donors (Lipinski definition) is 2. The maximum atomic E-state index is 10.9. The van der Waals surface area contributed by atoms with Gasteiger partial charge < -0.3 is 20.3 Å². The lowest BCUT2D eigenvalue weighted by Crippen LogP contribution is -2.17. The van der Waals surface area contributed by atoms with E-state index in [9.17, 15) is 4.79 Å². The average molecular weight is 225 g/mol. The zero-order chi connectivity index (χ0) is 12.1. The molecule has 0 aliphatic heterocycles. The number of benzene rings is 1. The number of carboxylic acid groups (broad SMARTS) is 1. The van der Waals surface area contributed by atoms with Crippen LogP contribution in [0.3, 0.4) is 0 Å². The van der Waals surface area contributed by atoms with E-state index in [1.54, 1.807) is 19.2 Å². The first-order chi connectivity index (χ1) is 7.54. The topological polar surface area (TPSA) is 81.8 Å². The molecule has 5 heteroatoms. The van der Waals surface area contributed by atoms with E-state index < -0.39 is 5.97 Å². The largest absolute Gasteiger partial charge is 0.490 e. The third kappa shape index (κ3) is 3.13. The first kappa shape index (κ1) is 12.3. The maximum absolute atomic E-state index is 10.9. The zero-order valence-electron chi connectivity index (χ0n) is 9.27. The molecule has 0 aliphatic carbocycles. The predicted molar refractivity (Wildman–Crippen MR) is 59.8 cm³/mol. The van der Waals surface area contributed by atoms with E-state index in [0.29, 0.717) is 18.0 Å². The van der Waals surface area contributed by atoms with Crippen LogP contribution < -0.4 is 10.5 Å². The van der Waals surface area contributed by atoms with Crippen LogP contribution in [0.5, 0.6) is 5.75 Å². The van der Waals surface area contributed by atoms with Crippen molar-refractivity contribution in [2.24, 2.45) is 0 Å². The van der Waals surface area contributed by atoms with Gasteiger partial charge in [0.05, 0.1) is 6.10 Å². The average Bonchev–Trinajstić information content (AvgIpc) is 2.26. The molecule has 16 heavy (non-hydrogen) atoms. The van der Waals surface area contributed by atoms with E-state index in [4.69, 9.17) is 20.3 Å². The van der Waals surface area contributed by atoms with Gasteiger partial charge in [-0.1, -0.05) is 0 Å². The number of rotatable bonds is 5. The van der Waals surface area contributed by atoms with E-state index in [-0.39, 0.29) is 11.7 Å². The number of nitrogen functional groups attached to an aromatic ring is 1. The van der Waals surface area contributed by atoms with Crippen molar-refractivity contribution in [2.75, 3.05) is 19.5 Å². The summed E-state index contributed by atoms with van der Waals surface area (Å²) >= 11 is 0. The van der Waals surface area contributed by atoms with Crippen LogP contribution in [-0.4, -0.2) is 30.9 Å². The second-order valence-corrected chi connectivity index (χ2v) is 3.42. The Morgan fingerprint density at radius 3 is 2.81 bits per heavy atom. The standard InChI is InChI=1S/C11H15NO4/c1-7(15-2)6-16-10-4-3-8(12)5-9(10)11(13)14/h3-5,7H,6,12H2,1-2H3,(H,13,14).